The van der Waals surface area contributed by atoms with Crippen LogP contribution < -0.4 is 10.6 Å². The van der Waals surface area contributed by atoms with E-state index < -0.39 is 0 Å². The average Bonchev–Trinajstić information content (AvgIpc) is 3.06. The van der Waals surface area contributed by atoms with Crippen LogP contribution in [0.4, 0.5) is 0 Å². The summed E-state index contributed by atoms with van der Waals surface area (Å²) in [4.78, 5) is 11.1. The van der Waals surface area contributed by atoms with E-state index in [-0.39, 0.29) is 0 Å². The van der Waals surface area contributed by atoms with Crippen LogP contribution in [0, 0.1) is 6.92 Å². The van der Waals surface area contributed by atoms with Gasteiger partial charge in [0.05, 0.1) is 9.34 Å². The molecule has 0 aliphatic rings. The first kappa shape index (κ1) is 16.3. The van der Waals surface area contributed by atoms with Crippen LogP contribution in [0.1, 0.15) is 14.8 Å². The Morgan fingerprint density at radius 2 is 2.00 bits per heavy atom. The zero-order valence-electron chi connectivity index (χ0n) is 12.1. The summed E-state index contributed by atoms with van der Waals surface area (Å²) in [5.74, 6) is 0.825. The van der Waals surface area contributed by atoms with Gasteiger partial charge < -0.3 is 10.6 Å². The van der Waals surface area contributed by atoms with Crippen molar-refractivity contribution in [3.05, 3.63) is 37.4 Å². The molecule has 0 aromatic carbocycles. The van der Waals surface area contributed by atoms with E-state index >= 15 is 0 Å². The zero-order chi connectivity index (χ0) is 15.1. The van der Waals surface area contributed by atoms with E-state index in [2.05, 4.69) is 33.6 Å². The SMILES string of the molecule is CN=C(NCCc1ccc(Cl)s1)NCCc1ncc(C)s1. The molecule has 114 valence electrons. The van der Waals surface area contributed by atoms with Crippen molar-refractivity contribution >= 4 is 40.2 Å². The van der Waals surface area contributed by atoms with E-state index in [0.717, 1.165) is 41.2 Å². The highest BCUT2D eigenvalue weighted by Gasteiger charge is 2.02. The van der Waals surface area contributed by atoms with Crippen molar-refractivity contribution in [3.63, 3.8) is 0 Å². The van der Waals surface area contributed by atoms with Gasteiger partial charge in [0.2, 0.25) is 0 Å². The van der Waals surface area contributed by atoms with Gasteiger partial charge in [-0.15, -0.1) is 22.7 Å². The maximum absolute atomic E-state index is 5.91. The molecule has 0 atom stereocenters. The smallest absolute Gasteiger partial charge is 0.191 e. The van der Waals surface area contributed by atoms with E-state index in [1.54, 1.807) is 29.7 Å². The Morgan fingerprint density at radius 3 is 2.57 bits per heavy atom. The highest BCUT2D eigenvalue weighted by molar-refractivity contribution is 7.16. The van der Waals surface area contributed by atoms with Gasteiger partial charge >= 0.3 is 0 Å². The molecule has 0 radical (unpaired) electrons. The number of hydrogen-bond acceptors (Lipinski definition) is 4. The van der Waals surface area contributed by atoms with E-state index in [1.807, 2.05) is 12.3 Å². The number of aliphatic imine (C=N–C) groups is 1. The number of aromatic nitrogens is 1. The summed E-state index contributed by atoms with van der Waals surface area (Å²) < 4.78 is 0.839. The monoisotopic (exact) mass is 342 g/mol. The van der Waals surface area contributed by atoms with Gasteiger partial charge in [-0.3, -0.25) is 4.99 Å². The summed E-state index contributed by atoms with van der Waals surface area (Å²) in [5.41, 5.74) is 0. The fourth-order valence-electron chi connectivity index (χ4n) is 1.82. The van der Waals surface area contributed by atoms with Gasteiger partial charge in [0.25, 0.3) is 0 Å². The van der Waals surface area contributed by atoms with E-state index in [4.69, 9.17) is 11.6 Å². The predicted molar refractivity (Wildman–Crippen MR) is 93.0 cm³/mol. The molecule has 2 N–H and O–H groups in total. The van der Waals surface area contributed by atoms with Crippen LogP contribution in [0.25, 0.3) is 0 Å². The number of nitrogens with one attached hydrogen (secondary N) is 2. The van der Waals surface area contributed by atoms with Crippen molar-refractivity contribution in [2.24, 2.45) is 4.99 Å². The quantitative estimate of drug-likeness (QED) is 0.626. The molecule has 0 bridgehead atoms. The van der Waals surface area contributed by atoms with Crippen LogP contribution in [-0.2, 0) is 12.8 Å². The third-order valence-corrected chi connectivity index (χ3v) is 5.08. The van der Waals surface area contributed by atoms with E-state index in [1.165, 1.54) is 9.75 Å². The Morgan fingerprint density at radius 1 is 1.24 bits per heavy atom. The number of aryl methyl sites for hydroxylation is 1. The summed E-state index contributed by atoms with van der Waals surface area (Å²) in [6.07, 6.45) is 3.78. The van der Waals surface area contributed by atoms with Crippen molar-refractivity contribution in [2.75, 3.05) is 20.1 Å². The molecule has 0 aliphatic carbocycles. The summed E-state index contributed by atoms with van der Waals surface area (Å²) >= 11 is 9.28. The Kier molecular flexibility index (Phi) is 6.48. The topological polar surface area (TPSA) is 49.3 Å². The molecule has 0 saturated heterocycles. The molecule has 7 heteroatoms. The van der Waals surface area contributed by atoms with Crippen LogP contribution in [0.3, 0.4) is 0 Å². The maximum Gasteiger partial charge on any atom is 0.191 e. The molecule has 0 unspecified atom stereocenters. The van der Waals surface area contributed by atoms with Gasteiger partial charge in [0.15, 0.2) is 5.96 Å². The number of guanidine groups is 1. The fraction of sp³-hybridized carbons (Fsp3) is 0.429. The highest BCUT2D eigenvalue weighted by atomic mass is 35.5. The van der Waals surface area contributed by atoms with Crippen LogP contribution >= 0.6 is 34.3 Å². The second-order valence-corrected chi connectivity index (χ2v) is 7.62. The van der Waals surface area contributed by atoms with Gasteiger partial charge in [-0.05, 0) is 25.5 Å². The van der Waals surface area contributed by atoms with Crippen LogP contribution in [0.5, 0.6) is 0 Å². The van der Waals surface area contributed by atoms with Crippen molar-refractivity contribution in [2.45, 2.75) is 19.8 Å². The summed E-state index contributed by atoms with van der Waals surface area (Å²) in [6.45, 7) is 3.75. The Hall–Kier alpha value is -1.11. The van der Waals surface area contributed by atoms with Crippen molar-refractivity contribution in [3.8, 4) is 0 Å². The zero-order valence-corrected chi connectivity index (χ0v) is 14.5. The van der Waals surface area contributed by atoms with E-state index in [0.29, 0.717) is 0 Å². The van der Waals surface area contributed by atoms with Crippen molar-refractivity contribution < 1.29 is 0 Å². The minimum Gasteiger partial charge on any atom is -0.356 e. The number of halogens is 1. The summed E-state index contributed by atoms with van der Waals surface area (Å²) in [6, 6.07) is 4.00. The Balaban J connectivity index is 1.66. The van der Waals surface area contributed by atoms with Gasteiger partial charge in [-0.25, -0.2) is 4.98 Å². The lowest BCUT2D eigenvalue weighted by molar-refractivity contribution is 0.785. The lowest BCUT2D eigenvalue weighted by atomic mass is 10.3. The Bertz CT molecular complexity index is 543. The number of hydrogen-bond donors (Lipinski definition) is 2. The highest BCUT2D eigenvalue weighted by Crippen LogP contribution is 2.21. The number of thiazole rings is 1. The summed E-state index contributed by atoms with van der Waals surface area (Å²) in [7, 11) is 1.78. The Labute approximate surface area is 138 Å². The normalized spacial score (nSPS) is 11.7. The second-order valence-electron chi connectivity index (χ2n) is 4.50. The average molecular weight is 343 g/mol. The van der Waals surface area contributed by atoms with Gasteiger partial charge in [0, 0.05) is 42.5 Å². The lowest BCUT2D eigenvalue weighted by Crippen LogP contribution is -2.39. The number of rotatable bonds is 6. The van der Waals surface area contributed by atoms with Crippen LogP contribution in [-0.4, -0.2) is 31.1 Å². The van der Waals surface area contributed by atoms with Crippen LogP contribution in [0.2, 0.25) is 4.34 Å². The molecule has 21 heavy (non-hydrogen) atoms. The molecule has 0 amide bonds. The first-order chi connectivity index (χ1) is 10.2. The van der Waals surface area contributed by atoms with Crippen molar-refractivity contribution in [1.82, 2.24) is 15.6 Å². The third kappa shape index (κ3) is 5.65. The molecule has 0 aliphatic heterocycles. The molecule has 0 saturated carbocycles. The van der Waals surface area contributed by atoms with Gasteiger partial charge in [-0.2, -0.15) is 0 Å². The minimum absolute atomic E-state index is 0.825. The molecule has 2 aromatic rings. The standard InChI is InChI=1S/C14H19ClN4S2/c1-10-9-19-13(20-10)6-8-18-14(16-2)17-7-5-11-3-4-12(15)21-11/h3-4,9H,5-8H2,1-2H3,(H2,16,17,18). The molecular formula is C14H19ClN4S2. The van der Waals surface area contributed by atoms with Crippen molar-refractivity contribution in [1.29, 1.82) is 0 Å². The molecule has 4 nitrogen and oxygen atoms in total. The van der Waals surface area contributed by atoms with Crippen LogP contribution in [0.15, 0.2) is 23.3 Å². The third-order valence-electron chi connectivity index (χ3n) is 2.82. The number of thiophene rings is 1. The molecule has 2 aromatic heterocycles. The molecule has 2 heterocycles. The van der Waals surface area contributed by atoms with Gasteiger partial charge in [-0.1, -0.05) is 11.6 Å². The summed E-state index contributed by atoms with van der Waals surface area (Å²) in [5, 5.41) is 7.76. The predicted octanol–water partition coefficient (Wildman–Crippen LogP) is 3.12. The first-order valence-electron chi connectivity index (χ1n) is 6.77. The molecule has 0 fully saturated rings. The largest absolute Gasteiger partial charge is 0.356 e. The molecule has 2 rings (SSSR count). The van der Waals surface area contributed by atoms with Gasteiger partial charge in [0.1, 0.15) is 0 Å². The molecule has 0 spiro atoms. The number of nitrogens with zero attached hydrogens (tertiary/aromatic N) is 2. The lowest BCUT2D eigenvalue weighted by Gasteiger charge is -2.10. The fourth-order valence-corrected chi connectivity index (χ4v) is 3.69. The minimum atomic E-state index is 0.825. The maximum atomic E-state index is 5.91. The first-order valence-corrected chi connectivity index (χ1v) is 8.78. The molecular weight excluding hydrogens is 324 g/mol. The second kappa shape index (κ2) is 8.36. The van der Waals surface area contributed by atoms with E-state index in [9.17, 15) is 0 Å².